The highest BCUT2D eigenvalue weighted by Gasteiger charge is 2.14. The lowest BCUT2D eigenvalue weighted by Gasteiger charge is -2.16. The number of methoxy groups -OCH3 is 1. The smallest absolute Gasteiger partial charge is 0.250 e. The first kappa shape index (κ1) is 13.2. The Morgan fingerprint density at radius 3 is 2.37 bits per heavy atom. The van der Waals surface area contributed by atoms with Crippen LogP contribution in [0.15, 0.2) is 23.0 Å². The SMILES string of the molecule is COc1c(C)c(C)cc(C)c1-c1cc(N)[nH]c(=O)c1. The van der Waals surface area contributed by atoms with Crippen molar-refractivity contribution in [2.45, 2.75) is 20.8 Å². The van der Waals surface area contributed by atoms with Gasteiger partial charge in [0.05, 0.1) is 7.11 Å². The first-order chi connectivity index (χ1) is 8.93. The quantitative estimate of drug-likeness (QED) is 0.869. The maximum absolute atomic E-state index is 11.6. The van der Waals surface area contributed by atoms with E-state index in [4.69, 9.17) is 10.5 Å². The third-order valence-corrected chi connectivity index (χ3v) is 3.34. The van der Waals surface area contributed by atoms with Gasteiger partial charge in [-0.2, -0.15) is 0 Å². The van der Waals surface area contributed by atoms with Crippen LogP contribution in [0.25, 0.3) is 11.1 Å². The molecule has 1 heterocycles. The second-order valence-corrected chi connectivity index (χ2v) is 4.73. The summed E-state index contributed by atoms with van der Waals surface area (Å²) in [5, 5.41) is 0. The number of pyridine rings is 1. The molecule has 0 bridgehead atoms. The number of benzene rings is 1. The van der Waals surface area contributed by atoms with Gasteiger partial charge in [0.1, 0.15) is 11.6 Å². The maximum Gasteiger partial charge on any atom is 0.250 e. The second kappa shape index (κ2) is 4.80. The van der Waals surface area contributed by atoms with Crippen LogP contribution in [0.4, 0.5) is 5.82 Å². The lowest BCUT2D eigenvalue weighted by molar-refractivity contribution is 0.412. The molecule has 0 saturated carbocycles. The third kappa shape index (κ3) is 2.34. The number of nitrogen functional groups attached to an aromatic ring is 1. The number of aromatic amines is 1. The van der Waals surface area contributed by atoms with E-state index in [1.54, 1.807) is 13.2 Å². The number of aryl methyl sites for hydroxylation is 2. The molecule has 0 fully saturated rings. The number of hydrogen-bond acceptors (Lipinski definition) is 3. The summed E-state index contributed by atoms with van der Waals surface area (Å²) in [6.45, 7) is 6.05. The molecule has 100 valence electrons. The van der Waals surface area contributed by atoms with Crippen LogP contribution < -0.4 is 16.0 Å². The third-order valence-electron chi connectivity index (χ3n) is 3.34. The average molecular weight is 258 g/mol. The van der Waals surface area contributed by atoms with E-state index in [1.165, 1.54) is 6.07 Å². The van der Waals surface area contributed by atoms with Crippen LogP contribution in [0.2, 0.25) is 0 Å². The van der Waals surface area contributed by atoms with Crippen molar-refractivity contribution in [2.75, 3.05) is 12.8 Å². The molecule has 19 heavy (non-hydrogen) atoms. The normalized spacial score (nSPS) is 10.5. The number of ether oxygens (including phenoxy) is 1. The van der Waals surface area contributed by atoms with Crippen LogP contribution >= 0.6 is 0 Å². The van der Waals surface area contributed by atoms with Gasteiger partial charge >= 0.3 is 0 Å². The average Bonchev–Trinajstić information content (AvgIpc) is 2.31. The molecule has 0 aliphatic heterocycles. The van der Waals surface area contributed by atoms with E-state index < -0.39 is 0 Å². The molecule has 1 aromatic carbocycles. The van der Waals surface area contributed by atoms with Gasteiger partial charge in [0.25, 0.3) is 0 Å². The summed E-state index contributed by atoms with van der Waals surface area (Å²) in [5.74, 6) is 1.14. The molecule has 0 radical (unpaired) electrons. The molecule has 2 rings (SSSR count). The molecule has 0 aliphatic rings. The molecular weight excluding hydrogens is 240 g/mol. The van der Waals surface area contributed by atoms with E-state index in [-0.39, 0.29) is 5.56 Å². The predicted molar refractivity (Wildman–Crippen MR) is 77.7 cm³/mol. The van der Waals surface area contributed by atoms with Crippen molar-refractivity contribution in [3.8, 4) is 16.9 Å². The Balaban J connectivity index is 2.81. The number of H-pyrrole nitrogens is 1. The summed E-state index contributed by atoms with van der Waals surface area (Å²) >= 11 is 0. The van der Waals surface area contributed by atoms with Crippen molar-refractivity contribution in [3.63, 3.8) is 0 Å². The van der Waals surface area contributed by atoms with Crippen molar-refractivity contribution in [2.24, 2.45) is 0 Å². The minimum absolute atomic E-state index is 0.213. The van der Waals surface area contributed by atoms with Crippen molar-refractivity contribution in [1.82, 2.24) is 4.98 Å². The van der Waals surface area contributed by atoms with E-state index in [0.717, 1.165) is 33.6 Å². The van der Waals surface area contributed by atoms with Crippen molar-refractivity contribution >= 4 is 5.82 Å². The summed E-state index contributed by atoms with van der Waals surface area (Å²) in [7, 11) is 1.64. The largest absolute Gasteiger partial charge is 0.496 e. The zero-order valence-electron chi connectivity index (χ0n) is 11.6. The summed E-state index contributed by atoms with van der Waals surface area (Å²) in [6, 6.07) is 5.38. The summed E-state index contributed by atoms with van der Waals surface area (Å²) in [6.07, 6.45) is 0. The number of nitrogens with one attached hydrogen (secondary N) is 1. The lowest BCUT2D eigenvalue weighted by atomic mass is 9.94. The van der Waals surface area contributed by atoms with Crippen LogP contribution in [0, 0.1) is 20.8 Å². The highest BCUT2D eigenvalue weighted by atomic mass is 16.5. The number of nitrogens with two attached hydrogens (primary N) is 1. The van der Waals surface area contributed by atoms with Crippen LogP contribution in [0.5, 0.6) is 5.75 Å². The fourth-order valence-corrected chi connectivity index (χ4v) is 2.37. The van der Waals surface area contributed by atoms with Gasteiger partial charge in [-0.3, -0.25) is 4.79 Å². The molecule has 4 nitrogen and oxygen atoms in total. The van der Waals surface area contributed by atoms with E-state index >= 15 is 0 Å². The highest BCUT2D eigenvalue weighted by molar-refractivity contribution is 5.77. The molecule has 0 aliphatic carbocycles. The van der Waals surface area contributed by atoms with Gasteiger partial charge in [-0.15, -0.1) is 0 Å². The summed E-state index contributed by atoms with van der Waals surface area (Å²) in [5.41, 5.74) is 10.5. The van der Waals surface area contributed by atoms with Gasteiger partial charge in [-0.1, -0.05) is 6.07 Å². The minimum Gasteiger partial charge on any atom is -0.496 e. The highest BCUT2D eigenvalue weighted by Crippen LogP contribution is 2.37. The monoisotopic (exact) mass is 258 g/mol. The van der Waals surface area contributed by atoms with E-state index in [9.17, 15) is 4.79 Å². The Labute approximate surface area is 112 Å². The molecule has 0 amide bonds. The number of rotatable bonds is 2. The number of hydrogen-bond donors (Lipinski definition) is 2. The first-order valence-electron chi connectivity index (χ1n) is 6.09. The van der Waals surface area contributed by atoms with E-state index in [2.05, 4.69) is 11.1 Å². The number of aromatic nitrogens is 1. The van der Waals surface area contributed by atoms with Crippen LogP contribution in [0.1, 0.15) is 16.7 Å². The minimum atomic E-state index is -0.213. The molecule has 2 aromatic rings. The molecule has 0 unspecified atom stereocenters. The van der Waals surface area contributed by atoms with E-state index in [1.807, 2.05) is 20.8 Å². The molecule has 3 N–H and O–H groups in total. The van der Waals surface area contributed by atoms with Crippen molar-refractivity contribution < 1.29 is 4.74 Å². The Morgan fingerprint density at radius 1 is 1.11 bits per heavy atom. The van der Waals surface area contributed by atoms with Gasteiger partial charge < -0.3 is 15.5 Å². The Kier molecular flexibility index (Phi) is 3.34. The van der Waals surface area contributed by atoms with Crippen molar-refractivity contribution in [3.05, 3.63) is 45.2 Å². The Morgan fingerprint density at radius 2 is 1.79 bits per heavy atom. The molecular formula is C15H18N2O2. The summed E-state index contributed by atoms with van der Waals surface area (Å²) in [4.78, 5) is 14.1. The van der Waals surface area contributed by atoms with Crippen LogP contribution in [-0.4, -0.2) is 12.1 Å². The second-order valence-electron chi connectivity index (χ2n) is 4.73. The molecule has 0 atom stereocenters. The summed E-state index contributed by atoms with van der Waals surface area (Å²) < 4.78 is 5.52. The van der Waals surface area contributed by atoms with Crippen molar-refractivity contribution in [1.29, 1.82) is 0 Å². The predicted octanol–water partition coefficient (Wildman–Crippen LogP) is 2.56. The standard InChI is InChI=1S/C15H18N2O2/c1-8-5-9(2)14(15(19-4)10(8)3)11-6-12(16)17-13(18)7-11/h5-7H,1-4H3,(H3,16,17,18). The Hall–Kier alpha value is -2.23. The first-order valence-corrected chi connectivity index (χ1v) is 6.09. The lowest BCUT2D eigenvalue weighted by Crippen LogP contribution is -2.08. The topological polar surface area (TPSA) is 68.1 Å². The van der Waals surface area contributed by atoms with Crippen LogP contribution in [0.3, 0.4) is 0 Å². The van der Waals surface area contributed by atoms with Crippen LogP contribution in [-0.2, 0) is 0 Å². The van der Waals surface area contributed by atoms with Gasteiger partial charge in [0.2, 0.25) is 5.56 Å². The van der Waals surface area contributed by atoms with E-state index in [0.29, 0.717) is 5.82 Å². The van der Waals surface area contributed by atoms with Gasteiger partial charge in [0.15, 0.2) is 0 Å². The fraction of sp³-hybridized carbons (Fsp3) is 0.267. The fourth-order valence-electron chi connectivity index (χ4n) is 2.37. The van der Waals surface area contributed by atoms with Gasteiger partial charge in [0, 0.05) is 11.6 Å². The maximum atomic E-state index is 11.6. The van der Waals surface area contributed by atoms with Gasteiger partial charge in [-0.05, 0) is 49.1 Å². The molecule has 1 aromatic heterocycles. The molecule has 0 saturated heterocycles. The molecule has 4 heteroatoms. The molecule has 0 spiro atoms. The zero-order valence-corrected chi connectivity index (χ0v) is 11.6. The zero-order chi connectivity index (χ0) is 14.2. The number of anilines is 1. The van der Waals surface area contributed by atoms with Gasteiger partial charge in [-0.25, -0.2) is 0 Å². The Bertz CT molecular complexity index is 687.